The quantitative estimate of drug-likeness (QED) is 0.812. The molecule has 1 aromatic carbocycles. The molecule has 0 aromatic heterocycles. The van der Waals surface area contributed by atoms with Crippen molar-refractivity contribution < 1.29 is 0 Å². The Labute approximate surface area is 123 Å². The maximum absolute atomic E-state index is 3.60. The maximum Gasteiger partial charge on any atom is 0.0376 e. The van der Waals surface area contributed by atoms with Crippen molar-refractivity contribution in [2.24, 2.45) is 5.41 Å². The minimum Gasteiger partial charge on any atom is -0.382 e. The van der Waals surface area contributed by atoms with Crippen molar-refractivity contribution in [1.29, 1.82) is 0 Å². The zero-order valence-electron chi connectivity index (χ0n) is 13.2. The molecule has 0 aliphatic carbocycles. The van der Waals surface area contributed by atoms with Crippen molar-refractivity contribution in [2.45, 2.75) is 58.9 Å². The molecule has 20 heavy (non-hydrogen) atoms. The molecule has 1 unspecified atom stereocenters. The lowest BCUT2D eigenvalue weighted by atomic mass is 9.85. The van der Waals surface area contributed by atoms with Crippen molar-refractivity contribution in [2.75, 3.05) is 23.3 Å². The number of hydrogen-bond acceptors (Lipinski definition) is 2. The summed E-state index contributed by atoms with van der Waals surface area (Å²) in [5.41, 5.74) is 4.80. The SMILES string of the molecule is CC1CCc2cc(N3CCCC(C)(C)CC3)ccc2N1. The molecule has 0 amide bonds. The fourth-order valence-corrected chi connectivity index (χ4v) is 3.52. The van der Waals surface area contributed by atoms with E-state index in [1.807, 2.05) is 0 Å². The van der Waals surface area contributed by atoms with Gasteiger partial charge in [0.05, 0.1) is 0 Å². The highest BCUT2D eigenvalue weighted by Gasteiger charge is 2.23. The van der Waals surface area contributed by atoms with Gasteiger partial charge in [-0.05, 0) is 68.2 Å². The molecule has 1 aromatic rings. The molecule has 110 valence electrons. The van der Waals surface area contributed by atoms with Crippen LogP contribution in [-0.4, -0.2) is 19.1 Å². The van der Waals surface area contributed by atoms with Crippen molar-refractivity contribution in [1.82, 2.24) is 0 Å². The Bertz CT molecular complexity index is 478. The van der Waals surface area contributed by atoms with Crippen LogP contribution in [0.5, 0.6) is 0 Å². The summed E-state index contributed by atoms with van der Waals surface area (Å²) >= 11 is 0. The van der Waals surface area contributed by atoms with Gasteiger partial charge in [0.1, 0.15) is 0 Å². The molecule has 2 heteroatoms. The van der Waals surface area contributed by atoms with Gasteiger partial charge in [-0.15, -0.1) is 0 Å². The minimum atomic E-state index is 0.514. The summed E-state index contributed by atoms with van der Waals surface area (Å²) in [6.07, 6.45) is 6.45. The highest BCUT2D eigenvalue weighted by molar-refractivity contribution is 5.62. The smallest absolute Gasteiger partial charge is 0.0376 e. The van der Waals surface area contributed by atoms with Crippen LogP contribution in [0.2, 0.25) is 0 Å². The number of nitrogens with zero attached hydrogens (tertiary/aromatic N) is 1. The Morgan fingerprint density at radius 2 is 2.05 bits per heavy atom. The third-order valence-corrected chi connectivity index (χ3v) is 5.04. The number of anilines is 2. The van der Waals surface area contributed by atoms with Crippen LogP contribution in [0.3, 0.4) is 0 Å². The van der Waals surface area contributed by atoms with Crippen molar-refractivity contribution in [3.8, 4) is 0 Å². The van der Waals surface area contributed by atoms with E-state index in [-0.39, 0.29) is 0 Å². The zero-order valence-corrected chi connectivity index (χ0v) is 13.2. The predicted octanol–water partition coefficient (Wildman–Crippen LogP) is 4.45. The zero-order chi connectivity index (χ0) is 14.2. The number of rotatable bonds is 1. The van der Waals surface area contributed by atoms with Gasteiger partial charge in [-0.3, -0.25) is 0 Å². The molecule has 3 rings (SSSR count). The lowest BCUT2D eigenvalue weighted by Gasteiger charge is -2.28. The minimum absolute atomic E-state index is 0.514. The second kappa shape index (κ2) is 5.31. The highest BCUT2D eigenvalue weighted by Crippen LogP contribution is 2.34. The summed E-state index contributed by atoms with van der Waals surface area (Å²) in [5.74, 6) is 0. The van der Waals surface area contributed by atoms with Crippen LogP contribution in [0.15, 0.2) is 18.2 Å². The van der Waals surface area contributed by atoms with Crippen LogP contribution >= 0.6 is 0 Å². The molecule has 0 saturated carbocycles. The van der Waals surface area contributed by atoms with E-state index < -0.39 is 0 Å². The van der Waals surface area contributed by atoms with Crippen LogP contribution in [0, 0.1) is 5.41 Å². The standard InChI is InChI=1S/C18H28N2/c1-14-5-6-15-13-16(7-8-17(15)19-14)20-11-4-9-18(2,3)10-12-20/h7-8,13-14,19H,4-6,9-12H2,1-3H3. The fourth-order valence-electron chi connectivity index (χ4n) is 3.52. The molecule has 1 fully saturated rings. The molecule has 1 saturated heterocycles. The molecule has 1 N–H and O–H groups in total. The molecule has 2 heterocycles. The van der Waals surface area contributed by atoms with E-state index in [1.165, 1.54) is 62.1 Å². The summed E-state index contributed by atoms with van der Waals surface area (Å²) in [6, 6.07) is 7.64. The highest BCUT2D eigenvalue weighted by atomic mass is 15.1. The van der Waals surface area contributed by atoms with Crippen LogP contribution in [-0.2, 0) is 6.42 Å². The largest absolute Gasteiger partial charge is 0.382 e. The predicted molar refractivity (Wildman–Crippen MR) is 87.7 cm³/mol. The van der Waals surface area contributed by atoms with Crippen molar-refractivity contribution in [3.63, 3.8) is 0 Å². The summed E-state index contributed by atoms with van der Waals surface area (Å²) in [6.45, 7) is 9.51. The second-order valence-electron chi connectivity index (χ2n) is 7.43. The van der Waals surface area contributed by atoms with Crippen LogP contribution in [0.25, 0.3) is 0 Å². The lowest BCUT2D eigenvalue weighted by Crippen LogP contribution is -2.26. The van der Waals surface area contributed by atoms with E-state index in [0.717, 1.165) is 0 Å². The van der Waals surface area contributed by atoms with Gasteiger partial charge in [-0.25, -0.2) is 0 Å². The van der Waals surface area contributed by atoms with Gasteiger partial charge in [0, 0.05) is 30.5 Å². The first-order valence-electron chi connectivity index (χ1n) is 8.18. The first kappa shape index (κ1) is 13.8. The molecule has 0 radical (unpaired) electrons. The fraction of sp³-hybridized carbons (Fsp3) is 0.667. The molecule has 2 aliphatic rings. The molecular weight excluding hydrogens is 244 g/mol. The molecule has 2 aliphatic heterocycles. The molecular formula is C18H28N2. The Kier molecular flexibility index (Phi) is 3.66. The molecule has 2 nitrogen and oxygen atoms in total. The number of hydrogen-bond donors (Lipinski definition) is 1. The maximum atomic E-state index is 3.60. The van der Waals surface area contributed by atoms with Gasteiger partial charge in [0.2, 0.25) is 0 Å². The molecule has 1 atom stereocenters. The molecule has 0 spiro atoms. The Balaban J connectivity index is 1.77. The average molecular weight is 272 g/mol. The van der Waals surface area contributed by atoms with E-state index in [0.29, 0.717) is 11.5 Å². The first-order chi connectivity index (χ1) is 9.53. The Hall–Kier alpha value is -1.18. The van der Waals surface area contributed by atoms with Crippen LogP contribution in [0.4, 0.5) is 11.4 Å². The second-order valence-corrected chi connectivity index (χ2v) is 7.43. The molecule has 0 bridgehead atoms. The average Bonchev–Trinajstić information content (AvgIpc) is 2.59. The van der Waals surface area contributed by atoms with E-state index in [9.17, 15) is 0 Å². The number of benzene rings is 1. The number of fused-ring (bicyclic) bond motifs is 1. The topological polar surface area (TPSA) is 15.3 Å². The first-order valence-corrected chi connectivity index (χ1v) is 8.18. The van der Waals surface area contributed by atoms with Gasteiger partial charge in [0.15, 0.2) is 0 Å². The van der Waals surface area contributed by atoms with Crippen LogP contribution in [0.1, 0.15) is 52.0 Å². The normalized spacial score (nSPS) is 25.6. The third-order valence-electron chi connectivity index (χ3n) is 5.04. The van der Waals surface area contributed by atoms with E-state index in [1.54, 1.807) is 0 Å². The van der Waals surface area contributed by atoms with Crippen molar-refractivity contribution in [3.05, 3.63) is 23.8 Å². The number of nitrogens with one attached hydrogen (secondary N) is 1. The lowest BCUT2D eigenvalue weighted by molar-refractivity contribution is 0.325. The van der Waals surface area contributed by atoms with Gasteiger partial charge in [-0.2, -0.15) is 0 Å². The van der Waals surface area contributed by atoms with Gasteiger partial charge >= 0.3 is 0 Å². The van der Waals surface area contributed by atoms with Gasteiger partial charge in [0.25, 0.3) is 0 Å². The van der Waals surface area contributed by atoms with Gasteiger partial charge in [-0.1, -0.05) is 13.8 Å². The summed E-state index contributed by atoms with van der Waals surface area (Å²) in [7, 11) is 0. The van der Waals surface area contributed by atoms with E-state index in [4.69, 9.17) is 0 Å². The van der Waals surface area contributed by atoms with E-state index >= 15 is 0 Å². The van der Waals surface area contributed by atoms with Gasteiger partial charge < -0.3 is 10.2 Å². The summed E-state index contributed by atoms with van der Waals surface area (Å²) in [4.78, 5) is 2.59. The van der Waals surface area contributed by atoms with E-state index in [2.05, 4.69) is 49.2 Å². The number of aryl methyl sites for hydroxylation is 1. The summed E-state index contributed by atoms with van der Waals surface area (Å²) in [5, 5.41) is 3.60. The summed E-state index contributed by atoms with van der Waals surface area (Å²) < 4.78 is 0. The van der Waals surface area contributed by atoms with Crippen molar-refractivity contribution >= 4 is 11.4 Å². The monoisotopic (exact) mass is 272 g/mol. The Morgan fingerprint density at radius 3 is 2.90 bits per heavy atom. The third kappa shape index (κ3) is 2.94. The van der Waals surface area contributed by atoms with Crippen LogP contribution < -0.4 is 10.2 Å². The Morgan fingerprint density at radius 1 is 1.20 bits per heavy atom.